The van der Waals surface area contributed by atoms with Crippen LogP contribution in [0.5, 0.6) is 11.5 Å². The predicted octanol–water partition coefficient (Wildman–Crippen LogP) is 1.09. The van der Waals surface area contributed by atoms with Crippen LogP contribution >= 0.6 is 0 Å². The van der Waals surface area contributed by atoms with Crippen molar-refractivity contribution in [3.05, 3.63) is 23.8 Å². The minimum atomic E-state index is -1.01. The Hall–Kier alpha value is -1.75. The molecule has 1 aliphatic heterocycles. The monoisotopic (exact) mass is 237 g/mol. The molecule has 0 aromatic heterocycles. The molecule has 1 saturated heterocycles. The number of nitrogens with zero attached hydrogens (tertiary/aromatic N) is 1. The van der Waals surface area contributed by atoms with Crippen molar-refractivity contribution in [3.63, 3.8) is 0 Å². The molecule has 0 atom stereocenters. The van der Waals surface area contributed by atoms with Gasteiger partial charge in [0.1, 0.15) is 11.7 Å². The van der Waals surface area contributed by atoms with E-state index in [9.17, 15) is 4.79 Å². The van der Waals surface area contributed by atoms with Crippen molar-refractivity contribution in [2.24, 2.45) is 0 Å². The smallest absolute Gasteiger partial charge is 0.339 e. The second-order valence-corrected chi connectivity index (χ2v) is 4.10. The van der Waals surface area contributed by atoms with Gasteiger partial charge in [0.25, 0.3) is 0 Å². The molecule has 2 rings (SSSR count). The van der Waals surface area contributed by atoms with Crippen LogP contribution in [-0.4, -0.2) is 49.3 Å². The highest BCUT2D eigenvalue weighted by Crippen LogP contribution is 2.33. The number of likely N-dealkylation sites (N-methyl/N-ethyl adjacent to an activating group) is 1. The maximum Gasteiger partial charge on any atom is 0.339 e. The van der Waals surface area contributed by atoms with Crippen LogP contribution in [0.2, 0.25) is 0 Å². The van der Waals surface area contributed by atoms with Gasteiger partial charge in [-0.2, -0.15) is 0 Å². The molecule has 5 heteroatoms. The lowest BCUT2D eigenvalue weighted by Crippen LogP contribution is -2.51. The quantitative estimate of drug-likeness (QED) is 0.849. The summed E-state index contributed by atoms with van der Waals surface area (Å²) in [5.41, 5.74) is 0.138. The third kappa shape index (κ3) is 2.34. The van der Waals surface area contributed by atoms with E-state index < -0.39 is 5.97 Å². The number of benzene rings is 1. The van der Waals surface area contributed by atoms with E-state index in [1.165, 1.54) is 13.2 Å². The zero-order chi connectivity index (χ0) is 12.4. The maximum atomic E-state index is 11.1. The van der Waals surface area contributed by atoms with Crippen LogP contribution < -0.4 is 9.47 Å². The van der Waals surface area contributed by atoms with Crippen LogP contribution in [0.15, 0.2) is 18.2 Å². The Bertz CT molecular complexity index is 427. The predicted molar refractivity (Wildman–Crippen MR) is 61.9 cm³/mol. The van der Waals surface area contributed by atoms with Gasteiger partial charge >= 0.3 is 5.97 Å². The zero-order valence-corrected chi connectivity index (χ0v) is 9.84. The molecule has 0 spiro atoms. The van der Waals surface area contributed by atoms with Crippen LogP contribution in [0.1, 0.15) is 10.4 Å². The number of hydrogen-bond acceptors (Lipinski definition) is 4. The Labute approximate surface area is 99.6 Å². The van der Waals surface area contributed by atoms with Crippen LogP contribution in [0.4, 0.5) is 0 Å². The molecule has 0 unspecified atom stereocenters. The SMILES string of the molecule is COc1cccc(C(=O)O)c1OC1CN(C)C1. The fraction of sp³-hybridized carbons (Fsp3) is 0.417. The number of carboxylic acids is 1. The van der Waals surface area contributed by atoms with Gasteiger partial charge in [0, 0.05) is 13.1 Å². The largest absolute Gasteiger partial charge is 0.493 e. The van der Waals surface area contributed by atoms with Crippen molar-refractivity contribution < 1.29 is 19.4 Å². The molecule has 0 aliphatic carbocycles. The Morgan fingerprint density at radius 1 is 1.47 bits per heavy atom. The van der Waals surface area contributed by atoms with Crippen molar-refractivity contribution in [2.45, 2.75) is 6.10 Å². The Morgan fingerprint density at radius 3 is 2.71 bits per heavy atom. The van der Waals surface area contributed by atoms with Gasteiger partial charge in [-0.05, 0) is 19.2 Å². The summed E-state index contributed by atoms with van der Waals surface area (Å²) >= 11 is 0. The summed E-state index contributed by atoms with van der Waals surface area (Å²) in [6.07, 6.45) is 0.0365. The standard InChI is InChI=1S/C12H15NO4/c1-13-6-8(7-13)17-11-9(12(14)15)4-3-5-10(11)16-2/h3-5,8H,6-7H2,1-2H3,(H,14,15). The second kappa shape index (κ2) is 4.63. The lowest BCUT2D eigenvalue weighted by atomic mass is 10.1. The molecule has 0 amide bonds. The number of hydrogen-bond donors (Lipinski definition) is 1. The van der Waals surface area contributed by atoms with Gasteiger partial charge in [-0.1, -0.05) is 6.07 Å². The number of methoxy groups -OCH3 is 1. The summed E-state index contributed by atoms with van der Waals surface area (Å²) in [6, 6.07) is 4.86. The summed E-state index contributed by atoms with van der Waals surface area (Å²) in [5, 5.41) is 9.10. The normalized spacial score (nSPS) is 16.4. The Balaban J connectivity index is 2.25. The van der Waals surface area contributed by atoms with Gasteiger partial charge in [0.15, 0.2) is 11.5 Å². The molecule has 92 valence electrons. The third-order valence-electron chi connectivity index (χ3n) is 2.74. The number of rotatable bonds is 4. The number of aromatic carboxylic acids is 1. The van der Waals surface area contributed by atoms with Crippen molar-refractivity contribution >= 4 is 5.97 Å². The number of carboxylic acid groups (broad SMARTS) is 1. The minimum Gasteiger partial charge on any atom is -0.493 e. The van der Waals surface area contributed by atoms with Crippen LogP contribution in [0.25, 0.3) is 0 Å². The summed E-state index contributed by atoms with van der Waals surface area (Å²) in [5.74, 6) is -0.230. The second-order valence-electron chi connectivity index (χ2n) is 4.10. The fourth-order valence-electron chi connectivity index (χ4n) is 1.85. The minimum absolute atomic E-state index is 0.0365. The molecule has 0 bridgehead atoms. The molecule has 1 aromatic carbocycles. The molecule has 1 aromatic rings. The van der Waals surface area contributed by atoms with Crippen LogP contribution in [0, 0.1) is 0 Å². The first-order valence-electron chi connectivity index (χ1n) is 5.37. The number of ether oxygens (including phenoxy) is 2. The Kier molecular flexibility index (Phi) is 3.19. The van der Waals surface area contributed by atoms with E-state index in [1.54, 1.807) is 12.1 Å². The summed E-state index contributed by atoms with van der Waals surface area (Å²) in [4.78, 5) is 13.2. The van der Waals surface area contributed by atoms with E-state index in [0.29, 0.717) is 11.5 Å². The van der Waals surface area contributed by atoms with Gasteiger partial charge in [0.2, 0.25) is 0 Å². The van der Waals surface area contributed by atoms with E-state index in [2.05, 4.69) is 4.90 Å². The molecule has 1 aliphatic rings. The van der Waals surface area contributed by atoms with E-state index in [0.717, 1.165) is 13.1 Å². The lowest BCUT2D eigenvalue weighted by molar-refractivity contribution is 0.0351. The van der Waals surface area contributed by atoms with Gasteiger partial charge in [-0.25, -0.2) is 4.79 Å². The number of likely N-dealkylation sites (tertiary alicyclic amines) is 1. The number of para-hydroxylation sites is 1. The summed E-state index contributed by atoms with van der Waals surface area (Å²) in [6.45, 7) is 1.61. The van der Waals surface area contributed by atoms with Crippen LogP contribution in [-0.2, 0) is 0 Å². The van der Waals surface area contributed by atoms with Gasteiger partial charge in [-0.3, -0.25) is 4.90 Å². The average Bonchev–Trinajstić information content (AvgIpc) is 2.26. The van der Waals surface area contributed by atoms with Crippen molar-refractivity contribution in [3.8, 4) is 11.5 Å². The summed E-state index contributed by atoms with van der Waals surface area (Å²) in [7, 11) is 3.49. The highest BCUT2D eigenvalue weighted by Gasteiger charge is 2.28. The van der Waals surface area contributed by atoms with Crippen molar-refractivity contribution in [1.82, 2.24) is 4.90 Å². The first-order valence-corrected chi connectivity index (χ1v) is 5.37. The average molecular weight is 237 g/mol. The van der Waals surface area contributed by atoms with Gasteiger partial charge in [-0.15, -0.1) is 0 Å². The van der Waals surface area contributed by atoms with E-state index in [-0.39, 0.29) is 11.7 Å². The number of carbonyl (C=O) groups is 1. The molecule has 17 heavy (non-hydrogen) atoms. The molecular formula is C12H15NO4. The van der Waals surface area contributed by atoms with Gasteiger partial charge in [0.05, 0.1) is 7.11 Å². The van der Waals surface area contributed by atoms with E-state index in [4.69, 9.17) is 14.6 Å². The molecule has 1 fully saturated rings. The molecule has 1 heterocycles. The highest BCUT2D eigenvalue weighted by atomic mass is 16.5. The molecule has 1 N–H and O–H groups in total. The van der Waals surface area contributed by atoms with Crippen LogP contribution in [0.3, 0.4) is 0 Å². The molecular weight excluding hydrogens is 222 g/mol. The highest BCUT2D eigenvalue weighted by molar-refractivity contribution is 5.92. The van der Waals surface area contributed by atoms with Crippen molar-refractivity contribution in [1.29, 1.82) is 0 Å². The van der Waals surface area contributed by atoms with Gasteiger partial charge < -0.3 is 14.6 Å². The zero-order valence-electron chi connectivity index (χ0n) is 9.84. The summed E-state index contributed by atoms with van der Waals surface area (Å²) < 4.78 is 10.8. The lowest BCUT2D eigenvalue weighted by Gasteiger charge is -2.36. The van der Waals surface area contributed by atoms with E-state index in [1.807, 2.05) is 7.05 Å². The fourth-order valence-corrected chi connectivity index (χ4v) is 1.85. The first-order chi connectivity index (χ1) is 8.11. The topological polar surface area (TPSA) is 59.0 Å². The Morgan fingerprint density at radius 2 is 2.18 bits per heavy atom. The van der Waals surface area contributed by atoms with Crippen molar-refractivity contribution in [2.75, 3.05) is 27.2 Å². The molecule has 0 saturated carbocycles. The molecule has 5 nitrogen and oxygen atoms in total. The maximum absolute atomic E-state index is 11.1. The molecule has 0 radical (unpaired) electrons. The first kappa shape index (κ1) is 11.7. The van der Waals surface area contributed by atoms with E-state index >= 15 is 0 Å². The third-order valence-corrected chi connectivity index (χ3v) is 2.74.